The first kappa shape index (κ1) is 30.9. The van der Waals surface area contributed by atoms with Crippen LogP contribution in [-0.2, 0) is 10.0 Å². The fourth-order valence-electron chi connectivity index (χ4n) is 6.64. The van der Waals surface area contributed by atoms with Gasteiger partial charge in [-0.3, -0.25) is 4.79 Å². The average molecular weight is 674 g/mol. The third-order valence-corrected chi connectivity index (χ3v) is 11.6. The summed E-state index contributed by atoms with van der Waals surface area (Å²) in [7, 11) is -2.22. The summed E-state index contributed by atoms with van der Waals surface area (Å²) in [5.41, 5.74) is 5.74. The number of piperidine rings is 1. The van der Waals surface area contributed by atoms with Crippen LogP contribution in [0.1, 0.15) is 76.4 Å². The maximum atomic E-state index is 13.6. The molecule has 0 unspecified atom stereocenters. The first-order valence-electron chi connectivity index (χ1n) is 15.6. The summed E-state index contributed by atoms with van der Waals surface area (Å²) >= 11 is 12.5. The van der Waals surface area contributed by atoms with Gasteiger partial charge in [0.2, 0.25) is 10.0 Å². The van der Waals surface area contributed by atoms with E-state index < -0.39 is 10.0 Å². The van der Waals surface area contributed by atoms with E-state index in [-0.39, 0.29) is 22.8 Å². The number of hydrogen-bond acceptors (Lipinski definition) is 4. The van der Waals surface area contributed by atoms with Gasteiger partial charge in [0.25, 0.3) is 5.91 Å². The Morgan fingerprint density at radius 1 is 0.826 bits per heavy atom. The van der Waals surface area contributed by atoms with Gasteiger partial charge in [-0.1, -0.05) is 59.6 Å². The van der Waals surface area contributed by atoms with Crippen LogP contribution in [0.3, 0.4) is 0 Å². The smallest absolute Gasteiger partial charge is 0.251 e. The van der Waals surface area contributed by atoms with Gasteiger partial charge in [0.15, 0.2) is 0 Å². The number of carbonyl (C=O) groups excluding carboxylic acids is 1. The molecule has 10 heteroatoms. The summed E-state index contributed by atoms with van der Waals surface area (Å²) in [5, 5.41) is 3.94. The van der Waals surface area contributed by atoms with Crippen molar-refractivity contribution in [1.82, 2.24) is 19.2 Å². The van der Waals surface area contributed by atoms with E-state index in [1.807, 2.05) is 24.3 Å². The molecule has 1 aliphatic carbocycles. The Bertz CT molecular complexity index is 1970. The van der Waals surface area contributed by atoms with Crippen LogP contribution in [-0.4, -0.2) is 48.3 Å². The summed E-state index contributed by atoms with van der Waals surface area (Å²) in [6.07, 6.45) is 3.57. The summed E-state index contributed by atoms with van der Waals surface area (Å²) in [6, 6.07) is 28.8. The average Bonchev–Trinajstić information content (AvgIpc) is 3.86. The fraction of sp³-hybridized carbons (Fsp3) is 0.278. The minimum absolute atomic E-state index is 0.0378. The van der Waals surface area contributed by atoms with Crippen molar-refractivity contribution in [3.05, 3.63) is 129 Å². The van der Waals surface area contributed by atoms with Crippen molar-refractivity contribution >= 4 is 50.2 Å². The molecule has 1 amide bonds. The highest BCUT2D eigenvalue weighted by molar-refractivity contribution is 7.89. The minimum atomic E-state index is -3.75. The molecule has 1 aliphatic heterocycles. The van der Waals surface area contributed by atoms with Crippen LogP contribution >= 0.6 is 23.2 Å². The summed E-state index contributed by atoms with van der Waals surface area (Å²) in [6.45, 7) is 0.775. The van der Waals surface area contributed by atoms with Crippen LogP contribution in [0.4, 0.5) is 0 Å². The molecule has 2 aliphatic rings. The van der Waals surface area contributed by atoms with Crippen molar-refractivity contribution in [3.8, 4) is 0 Å². The van der Waals surface area contributed by atoms with Crippen molar-refractivity contribution in [2.45, 2.75) is 48.5 Å². The van der Waals surface area contributed by atoms with Gasteiger partial charge in [0.1, 0.15) is 5.82 Å². The molecule has 1 aromatic heterocycles. The zero-order chi connectivity index (χ0) is 32.0. The predicted octanol–water partition coefficient (Wildman–Crippen LogP) is 7.79. The van der Waals surface area contributed by atoms with E-state index >= 15 is 0 Å². The molecule has 0 bridgehead atoms. The monoisotopic (exact) mass is 672 g/mol. The third kappa shape index (κ3) is 5.95. The molecule has 0 spiro atoms. The molecule has 236 valence electrons. The normalized spacial score (nSPS) is 16.3. The molecule has 46 heavy (non-hydrogen) atoms. The highest BCUT2D eigenvalue weighted by Crippen LogP contribution is 2.44. The number of imidazole rings is 1. The van der Waals surface area contributed by atoms with Gasteiger partial charge in [0, 0.05) is 53.6 Å². The number of rotatable bonds is 8. The second-order valence-electron chi connectivity index (χ2n) is 12.1. The number of amides is 1. The molecule has 1 saturated carbocycles. The third-order valence-electron chi connectivity index (χ3n) is 9.17. The van der Waals surface area contributed by atoms with Gasteiger partial charge in [-0.25, -0.2) is 13.4 Å². The summed E-state index contributed by atoms with van der Waals surface area (Å²) in [5.74, 6) is 1.17. The Balaban J connectivity index is 1.22. The Morgan fingerprint density at radius 2 is 1.43 bits per heavy atom. The second kappa shape index (κ2) is 12.5. The Labute approximate surface area is 279 Å². The van der Waals surface area contributed by atoms with Crippen molar-refractivity contribution in [3.63, 3.8) is 0 Å². The van der Waals surface area contributed by atoms with E-state index in [1.165, 1.54) is 13.1 Å². The maximum Gasteiger partial charge on any atom is 0.251 e. The first-order valence-corrected chi connectivity index (χ1v) is 17.8. The van der Waals surface area contributed by atoms with Gasteiger partial charge in [-0.05, 0) is 97.0 Å². The number of sulfonamides is 1. The van der Waals surface area contributed by atoms with Crippen LogP contribution in [0.5, 0.6) is 0 Å². The quantitative estimate of drug-likeness (QED) is 0.171. The molecular weight excluding hydrogens is 639 g/mol. The summed E-state index contributed by atoms with van der Waals surface area (Å²) in [4.78, 5) is 17.4. The van der Waals surface area contributed by atoms with E-state index in [0.717, 1.165) is 46.4 Å². The van der Waals surface area contributed by atoms with Crippen LogP contribution in [0.15, 0.2) is 95.9 Å². The highest BCUT2D eigenvalue weighted by Gasteiger charge is 2.36. The molecule has 5 aromatic rings. The number of aromatic nitrogens is 2. The number of fused-ring (bicyclic) bond motifs is 1. The van der Waals surface area contributed by atoms with Crippen molar-refractivity contribution in [2.75, 3.05) is 20.1 Å². The Kier molecular flexibility index (Phi) is 8.40. The molecule has 4 aromatic carbocycles. The topological polar surface area (TPSA) is 84.3 Å². The SMILES string of the molecule is CNC(=O)c1cccc(S(=O)(=O)N2CCC(n3c(C4CC4)nc4ccc(C(c5ccc(Cl)cc5)c5ccc(Cl)cc5)cc43)CC2)c1. The number of benzene rings is 4. The molecule has 7 nitrogen and oxygen atoms in total. The van der Waals surface area contributed by atoms with Crippen LogP contribution in [0.25, 0.3) is 11.0 Å². The van der Waals surface area contributed by atoms with E-state index in [4.69, 9.17) is 28.2 Å². The van der Waals surface area contributed by atoms with Crippen molar-refractivity contribution in [2.24, 2.45) is 0 Å². The van der Waals surface area contributed by atoms with Gasteiger partial charge >= 0.3 is 0 Å². The summed E-state index contributed by atoms with van der Waals surface area (Å²) < 4.78 is 31.2. The number of carbonyl (C=O) groups is 1. The van der Waals surface area contributed by atoms with Gasteiger partial charge in [-0.15, -0.1) is 0 Å². The molecule has 0 radical (unpaired) electrons. The lowest BCUT2D eigenvalue weighted by molar-refractivity contribution is 0.0963. The van der Waals surface area contributed by atoms with Gasteiger partial charge in [-0.2, -0.15) is 4.31 Å². The van der Waals surface area contributed by atoms with E-state index in [1.54, 1.807) is 22.5 Å². The second-order valence-corrected chi connectivity index (χ2v) is 15.0. The van der Waals surface area contributed by atoms with Crippen molar-refractivity contribution in [1.29, 1.82) is 0 Å². The number of halogens is 2. The number of hydrogen-bond donors (Lipinski definition) is 1. The van der Waals surface area contributed by atoms with E-state index in [9.17, 15) is 13.2 Å². The largest absolute Gasteiger partial charge is 0.355 e. The van der Waals surface area contributed by atoms with Gasteiger partial charge < -0.3 is 9.88 Å². The zero-order valence-corrected chi connectivity index (χ0v) is 27.7. The van der Waals surface area contributed by atoms with E-state index in [2.05, 4.69) is 52.3 Å². The minimum Gasteiger partial charge on any atom is -0.355 e. The Morgan fingerprint density at radius 3 is 2.02 bits per heavy atom. The fourth-order valence-corrected chi connectivity index (χ4v) is 8.41. The van der Waals surface area contributed by atoms with E-state index in [0.29, 0.717) is 47.5 Å². The van der Waals surface area contributed by atoms with Gasteiger partial charge in [0.05, 0.1) is 15.9 Å². The number of nitrogens with one attached hydrogen (secondary N) is 1. The zero-order valence-electron chi connectivity index (χ0n) is 25.4. The van der Waals surface area contributed by atoms with Crippen molar-refractivity contribution < 1.29 is 13.2 Å². The molecule has 1 saturated heterocycles. The Hall–Kier alpha value is -3.69. The lowest BCUT2D eigenvalue weighted by Gasteiger charge is -2.33. The lowest BCUT2D eigenvalue weighted by atomic mass is 9.85. The van der Waals surface area contributed by atoms with Crippen LogP contribution in [0, 0.1) is 0 Å². The predicted molar refractivity (Wildman–Crippen MR) is 182 cm³/mol. The molecule has 1 N–H and O–H groups in total. The van der Waals surface area contributed by atoms with Crippen LogP contribution < -0.4 is 5.32 Å². The molecule has 2 heterocycles. The molecular formula is C36H34Cl2N4O3S. The highest BCUT2D eigenvalue weighted by atomic mass is 35.5. The molecule has 0 atom stereocenters. The lowest BCUT2D eigenvalue weighted by Crippen LogP contribution is -2.39. The number of nitrogens with zero attached hydrogens (tertiary/aromatic N) is 3. The standard InChI is InChI=1S/C36H34Cl2N4O3S/c1-39-36(43)27-3-2-4-31(21-27)46(44,45)41-19-17-30(18-20-41)42-33-22-26(11-16-32(33)40-35(42)25-5-6-25)34(23-7-12-28(37)13-8-23)24-9-14-29(38)15-10-24/h2-4,7-16,21-22,25,30,34H,5-6,17-20H2,1H3,(H,39,43). The molecule has 2 fully saturated rings. The molecule has 7 rings (SSSR count). The first-order chi connectivity index (χ1) is 22.2. The van der Waals surface area contributed by atoms with Crippen LogP contribution in [0.2, 0.25) is 10.0 Å². The maximum absolute atomic E-state index is 13.6.